The molecule has 1 saturated carbocycles. The maximum atomic E-state index is 12.0. The Labute approximate surface area is 146 Å². The standard InChI is InChI=1S/C19H23N3O3/c23-17(14-22-11-5-4-8-19(22)24)21-13-15-9-10-20-18(12-15)25-16-6-2-1-3-7-16/h4-5,8-12,16H,1-3,6-7,13-14H2,(H,21,23). The minimum atomic E-state index is -0.208. The van der Waals surface area contributed by atoms with Gasteiger partial charge >= 0.3 is 0 Å². The Bertz CT molecular complexity index is 766. The van der Waals surface area contributed by atoms with E-state index < -0.39 is 0 Å². The number of amides is 1. The summed E-state index contributed by atoms with van der Waals surface area (Å²) >= 11 is 0. The van der Waals surface area contributed by atoms with Crippen LogP contribution in [0.4, 0.5) is 0 Å². The van der Waals surface area contributed by atoms with Gasteiger partial charge in [-0.1, -0.05) is 12.5 Å². The van der Waals surface area contributed by atoms with E-state index in [1.807, 2.05) is 12.1 Å². The summed E-state index contributed by atoms with van der Waals surface area (Å²) in [7, 11) is 0. The fourth-order valence-electron chi connectivity index (χ4n) is 2.98. The van der Waals surface area contributed by atoms with Crippen LogP contribution in [0.25, 0.3) is 0 Å². The summed E-state index contributed by atoms with van der Waals surface area (Å²) in [6, 6.07) is 8.53. The SMILES string of the molecule is O=C(Cn1ccccc1=O)NCc1ccnc(OC2CCCCC2)c1. The molecule has 1 fully saturated rings. The summed E-state index contributed by atoms with van der Waals surface area (Å²) in [6.45, 7) is 0.389. The van der Waals surface area contributed by atoms with Crippen LogP contribution < -0.4 is 15.6 Å². The molecule has 2 aromatic rings. The molecule has 2 aromatic heterocycles. The number of hydrogen-bond donors (Lipinski definition) is 1. The molecule has 25 heavy (non-hydrogen) atoms. The first-order chi connectivity index (χ1) is 12.2. The first-order valence-electron chi connectivity index (χ1n) is 8.74. The maximum absolute atomic E-state index is 12.0. The number of hydrogen-bond acceptors (Lipinski definition) is 4. The summed E-state index contributed by atoms with van der Waals surface area (Å²) in [6.07, 6.45) is 9.40. The fraction of sp³-hybridized carbons (Fsp3) is 0.421. The highest BCUT2D eigenvalue weighted by molar-refractivity contribution is 5.75. The highest BCUT2D eigenvalue weighted by Crippen LogP contribution is 2.22. The van der Waals surface area contributed by atoms with Crippen LogP contribution in [0.15, 0.2) is 47.5 Å². The third-order valence-corrected chi connectivity index (χ3v) is 4.34. The van der Waals surface area contributed by atoms with Crippen molar-refractivity contribution in [2.45, 2.75) is 51.3 Å². The van der Waals surface area contributed by atoms with Gasteiger partial charge < -0.3 is 14.6 Å². The molecular weight excluding hydrogens is 318 g/mol. The van der Waals surface area contributed by atoms with E-state index in [-0.39, 0.29) is 24.1 Å². The third-order valence-electron chi connectivity index (χ3n) is 4.34. The molecule has 1 aliphatic carbocycles. The van der Waals surface area contributed by atoms with Crippen molar-refractivity contribution in [2.75, 3.05) is 0 Å². The van der Waals surface area contributed by atoms with Gasteiger partial charge in [0.05, 0.1) is 0 Å². The summed E-state index contributed by atoms with van der Waals surface area (Å²) in [4.78, 5) is 27.9. The highest BCUT2D eigenvalue weighted by atomic mass is 16.5. The lowest BCUT2D eigenvalue weighted by Crippen LogP contribution is -2.31. The van der Waals surface area contributed by atoms with Crippen molar-refractivity contribution in [1.29, 1.82) is 0 Å². The van der Waals surface area contributed by atoms with Crippen LogP contribution >= 0.6 is 0 Å². The molecule has 0 spiro atoms. The topological polar surface area (TPSA) is 73.2 Å². The van der Waals surface area contributed by atoms with Crippen molar-refractivity contribution in [3.05, 3.63) is 58.6 Å². The first-order valence-corrected chi connectivity index (χ1v) is 8.74. The summed E-state index contributed by atoms with van der Waals surface area (Å²) in [5, 5.41) is 2.82. The van der Waals surface area contributed by atoms with Crippen LogP contribution in [0.5, 0.6) is 5.88 Å². The average molecular weight is 341 g/mol. The second-order valence-electron chi connectivity index (χ2n) is 6.32. The number of ether oxygens (including phenoxy) is 1. The van der Waals surface area contributed by atoms with Crippen molar-refractivity contribution in [1.82, 2.24) is 14.9 Å². The lowest BCUT2D eigenvalue weighted by Gasteiger charge is -2.22. The zero-order valence-electron chi connectivity index (χ0n) is 14.2. The number of nitrogens with zero attached hydrogens (tertiary/aromatic N) is 2. The minimum Gasteiger partial charge on any atom is -0.474 e. The molecule has 0 atom stereocenters. The van der Waals surface area contributed by atoms with Crippen molar-refractivity contribution >= 4 is 5.91 Å². The highest BCUT2D eigenvalue weighted by Gasteiger charge is 2.15. The Morgan fingerprint density at radius 3 is 2.88 bits per heavy atom. The van der Waals surface area contributed by atoms with Gasteiger partial charge in [-0.2, -0.15) is 0 Å². The van der Waals surface area contributed by atoms with Gasteiger partial charge in [0.1, 0.15) is 12.6 Å². The van der Waals surface area contributed by atoms with Gasteiger partial charge in [0.25, 0.3) is 5.56 Å². The smallest absolute Gasteiger partial charge is 0.250 e. The van der Waals surface area contributed by atoms with E-state index in [1.54, 1.807) is 24.5 Å². The fourth-order valence-corrected chi connectivity index (χ4v) is 2.98. The van der Waals surface area contributed by atoms with Gasteiger partial charge in [-0.05, 0) is 43.4 Å². The van der Waals surface area contributed by atoms with Crippen LogP contribution in [-0.4, -0.2) is 21.6 Å². The van der Waals surface area contributed by atoms with Crippen LogP contribution in [0, 0.1) is 0 Å². The molecule has 132 valence electrons. The molecule has 3 rings (SSSR count). The Kier molecular flexibility index (Phi) is 5.82. The number of carbonyl (C=O) groups is 1. The summed E-state index contributed by atoms with van der Waals surface area (Å²) < 4.78 is 7.32. The van der Waals surface area contributed by atoms with Crippen molar-refractivity contribution in [3.63, 3.8) is 0 Å². The van der Waals surface area contributed by atoms with Crippen molar-refractivity contribution in [3.8, 4) is 5.88 Å². The lowest BCUT2D eigenvalue weighted by molar-refractivity contribution is -0.121. The zero-order valence-corrected chi connectivity index (χ0v) is 14.2. The number of rotatable bonds is 6. The molecule has 0 aromatic carbocycles. The van der Waals surface area contributed by atoms with E-state index in [0.29, 0.717) is 12.4 Å². The van der Waals surface area contributed by atoms with Gasteiger partial charge in [0.2, 0.25) is 11.8 Å². The monoisotopic (exact) mass is 341 g/mol. The summed E-state index contributed by atoms with van der Waals surface area (Å²) in [5.41, 5.74) is 0.735. The van der Waals surface area contributed by atoms with Crippen molar-refractivity contribution < 1.29 is 9.53 Å². The van der Waals surface area contributed by atoms with Gasteiger partial charge in [-0.15, -0.1) is 0 Å². The Morgan fingerprint density at radius 1 is 1.24 bits per heavy atom. The van der Waals surface area contributed by atoms with Crippen LogP contribution in [0.2, 0.25) is 0 Å². The molecule has 0 bridgehead atoms. The Balaban J connectivity index is 1.52. The molecule has 2 heterocycles. The Morgan fingerprint density at radius 2 is 2.08 bits per heavy atom. The maximum Gasteiger partial charge on any atom is 0.250 e. The lowest BCUT2D eigenvalue weighted by atomic mass is 9.98. The zero-order chi connectivity index (χ0) is 17.5. The molecule has 0 aliphatic heterocycles. The van der Waals surface area contributed by atoms with E-state index in [2.05, 4.69) is 10.3 Å². The summed E-state index contributed by atoms with van der Waals surface area (Å²) in [5.74, 6) is 0.401. The molecular formula is C19H23N3O3. The van der Waals surface area contributed by atoms with E-state index in [9.17, 15) is 9.59 Å². The molecule has 0 radical (unpaired) electrons. The van der Waals surface area contributed by atoms with Gasteiger partial charge in [0.15, 0.2) is 0 Å². The molecule has 6 nitrogen and oxygen atoms in total. The first kappa shape index (κ1) is 17.2. The van der Waals surface area contributed by atoms with Crippen LogP contribution in [-0.2, 0) is 17.9 Å². The van der Waals surface area contributed by atoms with Gasteiger partial charge in [-0.25, -0.2) is 4.98 Å². The van der Waals surface area contributed by atoms with E-state index >= 15 is 0 Å². The van der Waals surface area contributed by atoms with Crippen LogP contribution in [0.3, 0.4) is 0 Å². The molecule has 1 amide bonds. The van der Waals surface area contributed by atoms with E-state index in [0.717, 1.165) is 18.4 Å². The van der Waals surface area contributed by atoms with Crippen molar-refractivity contribution in [2.24, 2.45) is 0 Å². The molecule has 1 N–H and O–H groups in total. The number of aromatic nitrogens is 2. The molecule has 0 unspecified atom stereocenters. The van der Waals surface area contributed by atoms with Crippen LogP contribution in [0.1, 0.15) is 37.7 Å². The van der Waals surface area contributed by atoms with E-state index in [1.165, 1.54) is 29.9 Å². The van der Waals surface area contributed by atoms with Gasteiger partial charge in [-0.3, -0.25) is 9.59 Å². The number of carbonyl (C=O) groups excluding carboxylic acids is 1. The van der Waals surface area contributed by atoms with E-state index in [4.69, 9.17) is 4.74 Å². The predicted octanol–water partition coefficient (Wildman–Crippen LogP) is 2.27. The molecule has 0 saturated heterocycles. The molecule has 1 aliphatic rings. The molecule has 6 heteroatoms. The second-order valence-corrected chi connectivity index (χ2v) is 6.32. The largest absolute Gasteiger partial charge is 0.474 e. The quantitative estimate of drug-likeness (QED) is 0.875. The number of pyridine rings is 2. The number of nitrogens with one attached hydrogen (secondary N) is 1. The third kappa shape index (κ3) is 5.17. The average Bonchev–Trinajstić information content (AvgIpc) is 2.63. The minimum absolute atomic E-state index is 0.0101. The Hall–Kier alpha value is -2.63. The van der Waals surface area contributed by atoms with Gasteiger partial charge in [0, 0.05) is 31.1 Å². The predicted molar refractivity (Wildman–Crippen MR) is 94.3 cm³/mol. The second kappa shape index (κ2) is 8.46. The normalized spacial score (nSPS) is 14.9.